The van der Waals surface area contributed by atoms with Gasteiger partial charge in [0.15, 0.2) is 0 Å². The molecule has 0 radical (unpaired) electrons. The summed E-state index contributed by atoms with van der Waals surface area (Å²) < 4.78 is 0. The van der Waals surface area contributed by atoms with Gasteiger partial charge in [0.05, 0.1) is 5.60 Å². The van der Waals surface area contributed by atoms with Crippen LogP contribution in [0.4, 0.5) is 0 Å². The molecule has 2 aliphatic heterocycles. The molecule has 2 heterocycles. The number of piperidine rings is 2. The van der Waals surface area contributed by atoms with Crippen LogP contribution in [0.2, 0.25) is 0 Å². The Balaban J connectivity index is 1.90. The van der Waals surface area contributed by atoms with Crippen molar-refractivity contribution in [3.63, 3.8) is 0 Å². The zero-order valence-corrected chi connectivity index (χ0v) is 10.9. The fourth-order valence-electron chi connectivity index (χ4n) is 3.42. The van der Waals surface area contributed by atoms with E-state index >= 15 is 0 Å². The van der Waals surface area contributed by atoms with E-state index < -0.39 is 5.60 Å². The Morgan fingerprint density at radius 2 is 2.00 bits per heavy atom. The van der Waals surface area contributed by atoms with Gasteiger partial charge in [-0.3, -0.25) is 0 Å². The first-order chi connectivity index (χ1) is 7.46. The van der Waals surface area contributed by atoms with E-state index in [4.69, 9.17) is 0 Å². The molecule has 94 valence electrons. The average molecular weight is 226 g/mol. The zero-order chi connectivity index (χ0) is 11.8. The Labute approximate surface area is 99.4 Å². The van der Waals surface area contributed by atoms with E-state index in [1.54, 1.807) is 0 Å². The molecular weight excluding hydrogens is 200 g/mol. The minimum absolute atomic E-state index is 0.548. The Bertz CT molecular complexity index is 237. The Kier molecular flexibility index (Phi) is 3.57. The summed E-state index contributed by atoms with van der Waals surface area (Å²) >= 11 is 0. The van der Waals surface area contributed by atoms with Crippen molar-refractivity contribution in [2.75, 3.05) is 33.2 Å². The molecule has 2 aliphatic rings. The summed E-state index contributed by atoms with van der Waals surface area (Å²) in [5.74, 6) is 0.829. The van der Waals surface area contributed by atoms with E-state index in [0.29, 0.717) is 0 Å². The molecule has 0 aromatic rings. The van der Waals surface area contributed by atoms with Crippen molar-refractivity contribution in [3.05, 3.63) is 0 Å². The molecule has 2 fully saturated rings. The number of rotatable bonds is 2. The number of hydrogen-bond donors (Lipinski definition) is 1. The third-order valence-corrected chi connectivity index (χ3v) is 4.04. The molecule has 0 spiro atoms. The second-order valence-electron chi connectivity index (χ2n) is 6.29. The van der Waals surface area contributed by atoms with Gasteiger partial charge in [0, 0.05) is 19.1 Å². The normalized spacial score (nSPS) is 33.8. The van der Waals surface area contributed by atoms with Gasteiger partial charge >= 0.3 is 0 Å². The fraction of sp³-hybridized carbons (Fsp3) is 1.00. The second kappa shape index (κ2) is 4.63. The van der Waals surface area contributed by atoms with Crippen molar-refractivity contribution in [1.29, 1.82) is 0 Å². The van der Waals surface area contributed by atoms with Crippen LogP contribution in [-0.4, -0.2) is 59.8 Å². The van der Waals surface area contributed by atoms with Crippen LogP contribution >= 0.6 is 0 Å². The third kappa shape index (κ3) is 2.96. The number of likely N-dealkylation sites (tertiary alicyclic amines) is 2. The van der Waals surface area contributed by atoms with Gasteiger partial charge in [-0.25, -0.2) is 0 Å². The van der Waals surface area contributed by atoms with Gasteiger partial charge < -0.3 is 14.9 Å². The predicted octanol–water partition coefficient (Wildman–Crippen LogP) is 1.17. The molecule has 0 bridgehead atoms. The molecule has 2 saturated heterocycles. The van der Waals surface area contributed by atoms with Gasteiger partial charge in [0.25, 0.3) is 0 Å². The van der Waals surface area contributed by atoms with E-state index in [1.165, 1.54) is 32.4 Å². The molecule has 3 heteroatoms. The lowest BCUT2D eigenvalue weighted by molar-refractivity contribution is -0.0103. The Morgan fingerprint density at radius 3 is 2.69 bits per heavy atom. The van der Waals surface area contributed by atoms with Crippen molar-refractivity contribution >= 4 is 0 Å². The van der Waals surface area contributed by atoms with Crippen LogP contribution in [0.1, 0.15) is 33.1 Å². The van der Waals surface area contributed by atoms with E-state index in [-0.39, 0.29) is 0 Å². The van der Waals surface area contributed by atoms with Crippen molar-refractivity contribution in [2.24, 2.45) is 5.92 Å². The summed E-state index contributed by atoms with van der Waals surface area (Å²) in [4.78, 5) is 4.98. The summed E-state index contributed by atoms with van der Waals surface area (Å²) in [5.41, 5.74) is -0.548. The van der Waals surface area contributed by atoms with Crippen LogP contribution in [0.15, 0.2) is 0 Å². The van der Waals surface area contributed by atoms with Crippen molar-refractivity contribution in [2.45, 2.75) is 44.8 Å². The summed E-state index contributed by atoms with van der Waals surface area (Å²) in [6.45, 7) is 8.24. The number of hydrogen-bond acceptors (Lipinski definition) is 3. The van der Waals surface area contributed by atoms with Crippen LogP contribution < -0.4 is 0 Å². The van der Waals surface area contributed by atoms with Gasteiger partial charge in [0.1, 0.15) is 0 Å². The lowest BCUT2D eigenvalue weighted by Crippen LogP contribution is -2.54. The Hall–Kier alpha value is -0.120. The molecule has 0 amide bonds. The first-order valence-corrected chi connectivity index (χ1v) is 6.61. The zero-order valence-electron chi connectivity index (χ0n) is 10.9. The first-order valence-electron chi connectivity index (χ1n) is 6.61. The second-order valence-corrected chi connectivity index (χ2v) is 6.29. The molecule has 0 saturated carbocycles. The lowest BCUT2D eigenvalue weighted by Gasteiger charge is -2.46. The highest BCUT2D eigenvalue weighted by molar-refractivity contribution is 4.90. The Morgan fingerprint density at radius 1 is 1.25 bits per heavy atom. The molecule has 0 aromatic heterocycles. The molecule has 0 aliphatic carbocycles. The molecule has 2 atom stereocenters. The third-order valence-electron chi connectivity index (χ3n) is 4.04. The quantitative estimate of drug-likeness (QED) is 0.766. The summed E-state index contributed by atoms with van der Waals surface area (Å²) in [5, 5.41) is 9.87. The van der Waals surface area contributed by atoms with Gasteiger partial charge in [-0.1, -0.05) is 0 Å². The van der Waals surface area contributed by atoms with E-state index in [9.17, 15) is 5.11 Å². The monoisotopic (exact) mass is 226 g/mol. The van der Waals surface area contributed by atoms with E-state index in [0.717, 1.165) is 25.0 Å². The van der Waals surface area contributed by atoms with Crippen LogP contribution in [-0.2, 0) is 0 Å². The number of nitrogens with zero attached hydrogens (tertiary/aromatic N) is 2. The van der Waals surface area contributed by atoms with Crippen molar-refractivity contribution in [1.82, 2.24) is 9.80 Å². The minimum atomic E-state index is -0.548. The molecule has 1 N–H and O–H groups in total. The molecule has 16 heavy (non-hydrogen) atoms. The lowest BCUT2D eigenvalue weighted by atomic mass is 9.84. The highest BCUT2D eigenvalue weighted by Gasteiger charge is 2.35. The maximum atomic E-state index is 9.87. The summed E-state index contributed by atoms with van der Waals surface area (Å²) in [7, 11) is 2.27. The molecule has 0 aromatic carbocycles. The molecule has 2 unspecified atom stereocenters. The maximum absolute atomic E-state index is 9.87. The van der Waals surface area contributed by atoms with E-state index in [2.05, 4.69) is 16.8 Å². The predicted molar refractivity (Wildman–Crippen MR) is 66.5 cm³/mol. The van der Waals surface area contributed by atoms with Crippen molar-refractivity contribution in [3.8, 4) is 0 Å². The highest BCUT2D eigenvalue weighted by Crippen LogP contribution is 2.29. The van der Waals surface area contributed by atoms with Gasteiger partial charge in [0.2, 0.25) is 0 Å². The van der Waals surface area contributed by atoms with Crippen LogP contribution in [0.25, 0.3) is 0 Å². The molecule has 2 rings (SSSR count). The van der Waals surface area contributed by atoms with Gasteiger partial charge in [-0.05, 0) is 59.2 Å². The molecule has 3 nitrogen and oxygen atoms in total. The molecular formula is C13H26N2O. The smallest absolute Gasteiger partial charge is 0.0718 e. The largest absolute Gasteiger partial charge is 0.389 e. The van der Waals surface area contributed by atoms with Crippen LogP contribution in [0, 0.1) is 5.92 Å². The summed E-state index contributed by atoms with van der Waals surface area (Å²) in [6, 6.07) is 0.798. The van der Waals surface area contributed by atoms with E-state index in [1.807, 2.05) is 13.8 Å². The highest BCUT2D eigenvalue weighted by atomic mass is 16.3. The van der Waals surface area contributed by atoms with Crippen LogP contribution in [0.5, 0.6) is 0 Å². The number of aliphatic hydroxyl groups is 1. The maximum Gasteiger partial charge on any atom is 0.0718 e. The number of β-amino-alcohol motifs (C(OH)–C–C–N with tert-alkyl or cyclic N) is 1. The van der Waals surface area contributed by atoms with Gasteiger partial charge in [-0.2, -0.15) is 0 Å². The van der Waals surface area contributed by atoms with Crippen LogP contribution in [0.3, 0.4) is 0 Å². The number of fused-ring (bicyclic) bond motifs is 1. The van der Waals surface area contributed by atoms with Gasteiger partial charge in [-0.15, -0.1) is 0 Å². The average Bonchev–Trinajstić information content (AvgIpc) is 2.15. The summed E-state index contributed by atoms with van der Waals surface area (Å²) in [6.07, 6.45) is 3.99. The van der Waals surface area contributed by atoms with Crippen molar-refractivity contribution < 1.29 is 5.11 Å². The fourth-order valence-corrected chi connectivity index (χ4v) is 3.42. The SMILES string of the molecule is CN1CCCC2CN(CC(C)(C)O)CCC21. The topological polar surface area (TPSA) is 26.7 Å². The minimum Gasteiger partial charge on any atom is -0.389 e. The first kappa shape index (κ1) is 12.3. The standard InChI is InChI=1S/C13H26N2O/c1-13(2,16)10-15-8-6-12-11(9-15)5-4-7-14(12)3/h11-12,16H,4-10H2,1-3H3.